The summed E-state index contributed by atoms with van der Waals surface area (Å²) in [6, 6.07) is 5.37. The van der Waals surface area contributed by atoms with Gasteiger partial charge < -0.3 is 14.0 Å². The van der Waals surface area contributed by atoms with Gasteiger partial charge in [0.15, 0.2) is 5.82 Å². The Labute approximate surface area is 115 Å². The highest BCUT2D eigenvalue weighted by Crippen LogP contribution is 2.30. The first-order valence-electron chi connectivity index (χ1n) is 6.03. The molecule has 0 radical (unpaired) electrons. The number of hydrogen-bond donors (Lipinski definition) is 0. The summed E-state index contributed by atoms with van der Waals surface area (Å²) in [6.07, 6.45) is 0.933. The van der Waals surface area contributed by atoms with Crippen molar-refractivity contribution in [2.45, 2.75) is 12.3 Å². The van der Waals surface area contributed by atoms with Gasteiger partial charge in [0, 0.05) is 18.1 Å². The molecule has 3 rings (SSSR count). The molecule has 1 aliphatic rings. The number of nitrogens with zero attached hydrogens (tertiary/aromatic N) is 2. The van der Waals surface area contributed by atoms with E-state index in [2.05, 4.69) is 10.1 Å². The van der Waals surface area contributed by atoms with E-state index in [0.717, 1.165) is 18.6 Å². The molecule has 0 unspecified atom stereocenters. The van der Waals surface area contributed by atoms with Crippen LogP contribution in [0.1, 0.15) is 18.2 Å². The third kappa shape index (κ3) is 2.43. The summed E-state index contributed by atoms with van der Waals surface area (Å²) in [4.78, 5) is 4.40. The fourth-order valence-corrected chi connectivity index (χ4v) is 2.31. The smallest absolute Gasteiger partial charge is 0.257 e. The zero-order valence-electron chi connectivity index (χ0n) is 10.4. The van der Waals surface area contributed by atoms with Gasteiger partial charge in [0.05, 0.1) is 18.7 Å². The Balaban J connectivity index is 1.87. The molecule has 0 saturated carbocycles. The van der Waals surface area contributed by atoms with Crippen molar-refractivity contribution >= 4 is 11.6 Å². The maximum atomic E-state index is 6.08. The van der Waals surface area contributed by atoms with E-state index in [1.165, 1.54) is 0 Å². The molecule has 0 bridgehead atoms. The standard InChI is InChI=1S/C13H13ClN2O3/c1-17-11-3-2-8(6-10(11)14)13-15-12(16-19-13)9-4-5-18-7-9/h2-3,6,9H,4-5,7H2,1H3/t9-/m1/s1. The van der Waals surface area contributed by atoms with Gasteiger partial charge in [0.25, 0.3) is 5.89 Å². The fraction of sp³-hybridized carbons (Fsp3) is 0.385. The Hall–Kier alpha value is -1.59. The highest BCUT2D eigenvalue weighted by atomic mass is 35.5. The number of ether oxygens (including phenoxy) is 2. The van der Waals surface area contributed by atoms with Crippen molar-refractivity contribution in [3.05, 3.63) is 29.0 Å². The summed E-state index contributed by atoms with van der Waals surface area (Å²) < 4.78 is 15.7. The number of hydrogen-bond acceptors (Lipinski definition) is 5. The Morgan fingerprint density at radius 2 is 2.32 bits per heavy atom. The van der Waals surface area contributed by atoms with Gasteiger partial charge in [-0.2, -0.15) is 4.98 Å². The minimum Gasteiger partial charge on any atom is -0.495 e. The Bertz CT molecular complexity index is 579. The minimum absolute atomic E-state index is 0.228. The molecule has 0 N–H and O–H groups in total. The predicted octanol–water partition coefficient (Wildman–Crippen LogP) is 2.90. The van der Waals surface area contributed by atoms with Gasteiger partial charge >= 0.3 is 0 Å². The van der Waals surface area contributed by atoms with Gasteiger partial charge in [-0.05, 0) is 24.6 Å². The van der Waals surface area contributed by atoms with Crippen molar-refractivity contribution in [3.8, 4) is 17.2 Å². The number of methoxy groups -OCH3 is 1. The Kier molecular flexibility index (Phi) is 3.40. The third-order valence-corrected chi connectivity index (χ3v) is 3.43. The topological polar surface area (TPSA) is 57.4 Å². The van der Waals surface area contributed by atoms with Gasteiger partial charge in [0.2, 0.25) is 0 Å². The second kappa shape index (κ2) is 5.19. The summed E-state index contributed by atoms with van der Waals surface area (Å²) in [5.41, 5.74) is 0.781. The van der Waals surface area contributed by atoms with Crippen LogP contribution in [0.15, 0.2) is 22.7 Å². The monoisotopic (exact) mass is 280 g/mol. The molecule has 2 aromatic rings. The summed E-state index contributed by atoms with van der Waals surface area (Å²) in [5.74, 6) is 2.01. The van der Waals surface area contributed by atoms with Crippen LogP contribution in [0.5, 0.6) is 5.75 Å². The fourth-order valence-electron chi connectivity index (χ4n) is 2.06. The first kappa shape index (κ1) is 12.4. The molecule has 0 amide bonds. The van der Waals surface area contributed by atoms with Crippen LogP contribution in [0.3, 0.4) is 0 Å². The SMILES string of the molecule is COc1ccc(-c2nc([C@@H]3CCOC3)no2)cc1Cl. The largest absolute Gasteiger partial charge is 0.495 e. The summed E-state index contributed by atoms with van der Waals surface area (Å²) in [5, 5.41) is 4.52. The molecular weight excluding hydrogens is 268 g/mol. The van der Waals surface area contributed by atoms with E-state index in [0.29, 0.717) is 29.1 Å². The molecule has 1 aromatic carbocycles. The van der Waals surface area contributed by atoms with Crippen LogP contribution in [0, 0.1) is 0 Å². The molecule has 0 aliphatic carbocycles. The average molecular weight is 281 g/mol. The van der Waals surface area contributed by atoms with Gasteiger partial charge in [-0.3, -0.25) is 0 Å². The van der Waals surface area contributed by atoms with Crippen LogP contribution >= 0.6 is 11.6 Å². The van der Waals surface area contributed by atoms with Crippen LogP contribution in [0.4, 0.5) is 0 Å². The number of rotatable bonds is 3. The maximum absolute atomic E-state index is 6.08. The second-order valence-electron chi connectivity index (χ2n) is 4.37. The number of benzene rings is 1. The van der Waals surface area contributed by atoms with Crippen molar-refractivity contribution in [1.82, 2.24) is 10.1 Å². The van der Waals surface area contributed by atoms with Crippen LogP contribution in [-0.2, 0) is 4.74 Å². The van der Waals surface area contributed by atoms with Crippen molar-refractivity contribution in [2.24, 2.45) is 0 Å². The normalized spacial score (nSPS) is 18.7. The first-order valence-corrected chi connectivity index (χ1v) is 6.41. The van der Waals surface area contributed by atoms with E-state index in [1.54, 1.807) is 19.2 Å². The molecular formula is C13H13ClN2O3. The van der Waals surface area contributed by atoms with Crippen LogP contribution in [0.25, 0.3) is 11.5 Å². The van der Waals surface area contributed by atoms with Crippen molar-refractivity contribution in [3.63, 3.8) is 0 Å². The second-order valence-corrected chi connectivity index (χ2v) is 4.77. The molecule has 19 heavy (non-hydrogen) atoms. The molecule has 6 heteroatoms. The molecule has 1 aliphatic heterocycles. The van der Waals surface area contributed by atoms with E-state index in [4.69, 9.17) is 25.6 Å². The molecule has 1 atom stereocenters. The lowest BCUT2D eigenvalue weighted by molar-refractivity contribution is 0.192. The molecule has 1 aromatic heterocycles. The van der Waals surface area contributed by atoms with Crippen molar-refractivity contribution < 1.29 is 14.0 Å². The lowest BCUT2D eigenvalue weighted by atomic mass is 10.1. The van der Waals surface area contributed by atoms with E-state index >= 15 is 0 Å². The molecule has 2 heterocycles. The zero-order valence-corrected chi connectivity index (χ0v) is 11.2. The first-order chi connectivity index (χ1) is 9.28. The maximum Gasteiger partial charge on any atom is 0.257 e. The van der Waals surface area contributed by atoms with Crippen molar-refractivity contribution in [1.29, 1.82) is 0 Å². The van der Waals surface area contributed by atoms with E-state index in [9.17, 15) is 0 Å². The molecule has 1 saturated heterocycles. The summed E-state index contributed by atoms with van der Waals surface area (Å²) in [7, 11) is 1.58. The quantitative estimate of drug-likeness (QED) is 0.865. The van der Waals surface area contributed by atoms with Crippen LogP contribution in [0.2, 0.25) is 5.02 Å². The van der Waals surface area contributed by atoms with Crippen LogP contribution in [-0.4, -0.2) is 30.5 Å². The molecule has 100 valence electrons. The van der Waals surface area contributed by atoms with E-state index in [1.807, 2.05) is 6.07 Å². The summed E-state index contributed by atoms with van der Waals surface area (Å²) in [6.45, 7) is 1.41. The minimum atomic E-state index is 0.228. The lowest BCUT2D eigenvalue weighted by Crippen LogP contribution is -1.99. The van der Waals surface area contributed by atoms with Crippen LogP contribution < -0.4 is 4.74 Å². The summed E-state index contributed by atoms with van der Waals surface area (Å²) >= 11 is 6.08. The van der Waals surface area contributed by atoms with E-state index < -0.39 is 0 Å². The molecule has 1 fully saturated rings. The highest BCUT2D eigenvalue weighted by molar-refractivity contribution is 6.32. The number of halogens is 1. The molecule has 5 nitrogen and oxygen atoms in total. The van der Waals surface area contributed by atoms with Gasteiger partial charge in [-0.1, -0.05) is 16.8 Å². The molecule has 0 spiro atoms. The Morgan fingerprint density at radius 1 is 1.42 bits per heavy atom. The highest BCUT2D eigenvalue weighted by Gasteiger charge is 2.23. The van der Waals surface area contributed by atoms with Crippen molar-refractivity contribution in [2.75, 3.05) is 20.3 Å². The van der Waals surface area contributed by atoms with Gasteiger partial charge in [-0.25, -0.2) is 0 Å². The average Bonchev–Trinajstić information content (AvgIpc) is 3.09. The number of aromatic nitrogens is 2. The van der Waals surface area contributed by atoms with Gasteiger partial charge in [0.1, 0.15) is 5.75 Å². The predicted molar refractivity (Wildman–Crippen MR) is 69.5 cm³/mol. The Morgan fingerprint density at radius 3 is 3.00 bits per heavy atom. The third-order valence-electron chi connectivity index (χ3n) is 3.14. The van der Waals surface area contributed by atoms with Gasteiger partial charge in [-0.15, -0.1) is 0 Å². The lowest BCUT2D eigenvalue weighted by Gasteiger charge is -2.03. The van der Waals surface area contributed by atoms with E-state index in [-0.39, 0.29) is 5.92 Å². The zero-order chi connectivity index (χ0) is 13.2.